The molecule has 1 aromatic rings. The minimum absolute atomic E-state index is 0.137. The van der Waals surface area contributed by atoms with Crippen molar-refractivity contribution in [2.75, 3.05) is 11.9 Å². The summed E-state index contributed by atoms with van der Waals surface area (Å²) < 4.78 is 0. The summed E-state index contributed by atoms with van der Waals surface area (Å²) in [5.41, 5.74) is 2.74. The fourth-order valence-electron chi connectivity index (χ4n) is 3.62. The maximum Gasteiger partial charge on any atom is 0.228 e. The van der Waals surface area contributed by atoms with Gasteiger partial charge in [-0.2, -0.15) is 0 Å². The third-order valence-electron chi connectivity index (χ3n) is 4.76. The third kappa shape index (κ3) is 2.96. The maximum atomic E-state index is 12.4. The van der Waals surface area contributed by atoms with Gasteiger partial charge in [0.1, 0.15) is 6.61 Å². The van der Waals surface area contributed by atoms with Crippen LogP contribution in [-0.4, -0.2) is 17.6 Å². The van der Waals surface area contributed by atoms with Crippen LogP contribution in [-0.2, 0) is 4.79 Å². The zero-order valence-corrected chi connectivity index (χ0v) is 12.4. The van der Waals surface area contributed by atoms with E-state index in [0.717, 1.165) is 16.8 Å². The van der Waals surface area contributed by atoms with Crippen molar-refractivity contribution in [2.45, 2.75) is 32.6 Å². The first-order valence-electron chi connectivity index (χ1n) is 7.72. The van der Waals surface area contributed by atoms with Crippen molar-refractivity contribution >= 4 is 11.6 Å². The van der Waals surface area contributed by atoms with Crippen LogP contribution in [0.2, 0.25) is 0 Å². The summed E-state index contributed by atoms with van der Waals surface area (Å²) in [6.45, 7) is 1.84. The molecule has 0 radical (unpaired) electrons. The molecule has 0 heterocycles. The van der Waals surface area contributed by atoms with Crippen LogP contribution in [0.15, 0.2) is 18.2 Å². The number of fused-ring (bicyclic) bond motifs is 1. The van der Waals surface area contributed by atoms with E-state index in [1.807, 2.05) is 25.1 Å². The van der Waals surface area contributed by atoms with Crippen molar-refractivity contribution in [1.29, 1.82) is 0 Å². The van der Waals surface area contributed by atoms with E-state index in [4.69, 9.17) is 5.11 Å². The summed E-state index contributed by atoms with van der Waals surface area (Å²) in [7, 11) is 0. The average Bonchev–Trinajstić information content (AvgIpc) is 3.22. The van der Waals surface area contributed by atoms with Crippen molar-refractivity contribution in [3.05, 3.63) is 29.3 Å². The quantitative estimate of drug-likeness (QED) is 0.820. The van der Waals surface area contributed by atoms with Crippen molar-refractivity contribution < 1.29 is 9.90 Å². The Morgan fingerprint density at radius 3 is 2.67 bits per heavy atom. The zero-order valence-electron chi connectivity index (χ0n) is 12.4. The lowest BCUT2D eigenvalue weighted by atomic mass is 10.0. The SMILES string of the molecule is Cc1cc(C#CCO)ccc1NC(=O)C1C2CCCCC21. The minimum Gasteiger partial charge on any atom is -0.384 e. The molecule has 3 heteroatoms. The molecule has 0 bridgehead atoms. The van der Waals surface area contributed by atoms with Gasteiger partial charge in [-0.1, -0.05) is 24.7 Å². The average molecular weight is 283 g/mol. The van der Waals surface area contributed by atoms with Crippen molar-refractivity contribution in [1.82, 2.24) is 0 Å². The Balaban J connectivity index is 1.66. The Morgan fingerprint density at radius 2 is 2.05 bits per heavy atom. The number of rotatable bonds is 2. The van der Waals surface area contributed by atoms with Crippen LogP contribution in [0, 0.1) is 36.5 Å². The summed E-state index contributed by atoms with van der Waals surface area (Å²) in [5, 5.41) is 11.8. The molecule has 2 aliphatic rings. The predicted molar refractivity (Wildman–Crippen MR) is 82.7 cm³/mol. The van der Waals surface area contributed by atoms with E-state index in [1.54, 1.807) is 0 Å². The minimum atomic E-state index is -0.137. The lowest BCUT2D eigenvalue weighted by molar-refractivity contribution is -0.117. The maximum absolute atomic E-state index is 12.4. The molecule has 0 aliphatic heterocycles. The lowest BCUT2D eigenvalue weighted by Gasteiger charge is -2.08. The van der Waals surface area contributed by atoms with Gasteiger partial charge < -0.3 is 10.4 Å². The van der Waals surface area contributed by atoms with Crippen LogP contribution in [0.3, 0.4) is 0 Å². The molecule has 2 atom stereocenters. The molecule has 110 valence electrons. The summed E-state index contributed by atoms with van der Waals surface area (Å²) in [6.07, 6.45) is 5.00. The van der Waals surface area contributed by atoms with Gasteiger partial charge in [-0.3, -0.25) is 4.79 Å². The van der Waals surface area contributed by atoms with Gasteiger partial charge in [0.15, 0.2) is 0 Å². The molecule has 0 aromatic heterocycles. The highest BCUT2D eigenvalue weighted by Crippen LogP contribution is 2.55. The largest absolute Gasteiger partial charge is 0.384 e. The van der Waals surface area contributed by atoms with Gasteiger partial charge in [-0.25, -0.2) is 0 Å². The molecular formula is C18H21NO2. The van der Waals surface area contributed by atoms with Crippen LogP contribution in [0.4, 0.5) is 5.69 Å². The Morgan fingerprint density at radius 1 is 1.33 bits per heavy atom. The van der Waals surface area contributed by atoms with Gasteiger partial charge in [-0.05, 0) is 55.4 Å². The molecule has 2 aliphatic carbocycles. The van der Waals surface area contributed by atoms with Crippen molar-refractivity contribution in [2.24, 2.45) is 17.8 Å². The highest BCUT2D eigenvalue weighted by molar-refractivity contribution is 5.95. The highest BCUT2D eigenvalue weighted by atomic mass is 16.2. The van der Waals surface area contributed by atoms with E-state index in [2.05, 4.69) is 17.2 Å². The number of aryl methyl sites for hydroxylation is 1. The van der Waals surface area contributed by atoms with E-state index in [9.17, 15) is 4.79 Å². The first-order chi connectivity index (χ1) is 10.2. The van der Waals surface area contributed by atoms with Gasteiger partial charge in [0, 0.05) is 17.2 Å². The number of benzene rings is 1. The number of hydrogen-bond acceptors (Lipinski definition) is 2. The number of hydrogen-bond donors (Lipinski definition) is 2. The summed E-state index contributed by atoms with van der Waals surface area (Å²) in [5.74, 6) is 7.20. The van der Waals surface area contributed by atoms with Gasteiger partial charge >= 0.3 is 0 Å². The van der Waals surface area contributed by atoms with Gasteiger partial charge in [0.25, 0.3) is 0 Å². The summed E-state index contributed by atoms with van der Waals surface area (Å²) >= 11 is 0. The second kappa shape index (κ2) is 5.91. The molecule has 2 fully saturated rings. The second-order valence-corrected chi connectivity index (χ2v) is 6.12. The molecule has 21 heavy (non-hydrogen) atoms. The molecule has 1 amide bonds. The fraction of sp³-hybridized carbons (Fsp3) is 0.500. The van der Waals surface area contributed by atoms with Crippen molar-refractivity contribution in [3.63, 3.8) is 0 Å². The number of aliphatic hydroxyl groups excluding tert-OH is 1. The lowest BCUT2D eigenvalue weighted by Crippen LogP contribution is -2.16. The van der Waals surface area contributed by atoms with Crippen LogP contribution in [0.25, 0.3) is 0 Å². The first-order valence-corrected chi connectivity index (χ1v) is 7.72. The molecule has 3 rings (SSSR count). The number of amides is 1. The molecule has 1 aromatic carbocycles. The molecule has 2 saturated carbocycles. The number of carbonyl (C=O) groups is 1. The van der Waals surface area contributed by atoms with Crippen molar-refractivity contribution in [3.8, 4) is 11.8 Å². The standard InChI is InChI=1S/C18H21NO2/c1-12-11-13(5-4-10-20)8-9-16(12)19-18(21)17-14-6-2-3-7-15(14)17/h8-9,11,14-15,17,20H,2-3,6-7,10H2,1H3,(H,19,21). The van der Waals surface area contributed by atoms with Gasteiger partial charge in [-0.15, -0.1) is 0 Å². The fourth-order valence-corrected chi connectivity index (χ4v) is 3.62. The molecule has 0 saturated heterocycles. The summed E-state index contributed by atoms with van der Waals surface area (Å²) in [4.78, 5) is 12.4. The Kier molecular flexibility index (Phi) is 3.98. The predicted octanol–water partition coefficient (Wildman–Crippen LogP) is 2.71. The van der Waals surface area contributed by atoms with Crippen LogP contribution in [0.1, 0.15) is 36.8 Å². The number of anilines is 1. The number of aliphatic hydroxyl groups is 1. The summed E-state index contributed by atoms with van der Waals surface area (Å²) in [6, 6.07) is 5.73. The number of nitrogens with one attached hydrogen (secondary N) is 1. The first kappa shape index (κ1) is 14.2. The van der Waals surface area contributed by atoms with Crippen LogP contribution in [0.5, 0.6) is 0 Å². The molecule has 3 nitrogen and oxygen atoms in total. The van der Waals surface area contributed by atoms with Crippen LogP contribution >= 0.6 is 0 Å². The van der Waals surface area contributed by atoms with E-state index < -0.39 is 0 Å². The van der Waals surface area contributed by atoms with E-state index >= 15 is 0 Å². The van der Waals surface area contributed by atoms with Crippen LogP contribution < -0.4 is 5.32 Å². The molecular weight excluding hydrogens is 262 g/mol. The number of carbonyl (C=O) groups excluding carboxylic acids is 1. The Hall–Kier alpha value is -1.79. The Labute approximate surface area is 125 Å². The highest BCUT2D eigenvalue weighted by Gasteiger charge is 2.54. The molecule has 0 spiro atoms. The van der Waals surface area contributed by atoms with Gasteiger partial charge in [0.2, 0.25) is 5.91 Å². The van der Waals surface area contributed by atoms with E-state index in [-0.39, 0.29) is 18.4 Å². The Bertz CT molecular complexity index is 599. The molecule has 2 unspecified atom stereocenters. The van der Waals surface area contributed by atoms with E-state index in [0.29, 0.717) is 11.8 Å². The molecule has 2 N–H and O–H groups in total. The van der Waals surface area contributed by atoms with Gasteiger partial charge in [0.05, 0.1) is 0 Å². The smallest absolute Gasteiger partial charge is 0.228 e. The van der Waals surface area contributed by atoms with E-state index in [1.165, 1.54) is 25.7 Å². The normalized spacial score (nSPS) is 26.3. The monoisotopic (exact) mass is 283 g/mol. The topological polar surface area (TPSA) is 49.3 Å². The second-order valence-electron chi connectivity index (χ2n) is 6.12. The third-order valence-corrected chi connectivity index (χ3v) is 4.76. The zero-order chi connectivity index (χ0) is 14.8.